The number of halogens is 3. The molecule has 9 heteroatoms. The summed E-state index contributed by atoms with van der Waals surface area (Å²) in [7, 11) is -8.34. The third-order valence-corrected chi connectivity index (χ3v) is 10.1. The molecule has 0 aromatic heterocycles. The van der Waals surface area contributed by atoms with Crippen LogP contribution in [0.15, 0.2) is 99.6 Å². The molecule has 154 valence electrons. The van der Waals surface area contributed by atoms with Crippen molar-refractivity contribution in [3.05, 3.63) is 84.9 Å². The van der Waals surface area contributed by atoms with Crippen LogP contribution in [0, 0.1) is 0 Å². The van der Waals surface area contributed by atoms with Gasteiger partial charge in [0.1, 0.15) is 5.75 Å². The lowest BCUT2D eigenvalue weighted by molar-refractivity contribution is -0.0125. The molecule has 3 aromatic rings. The molecule has 0 unspecified atom stereocenters. The van der Waals surface area contributed by atoms with Crippen LogP contribution in [0.3, 0.4) is 0 Å². The van der Waals surface area contributed by atoms with E-state index < -0.39 is 24.7 Å². The predicted molar refractivity (Wildman–Crippen MR) is 104 cm³/mol. The first kappa shape index (κ1) is 21.2. The van der Waals surface area contributed by atoms with Crippen LogP contribution >= 0.6 is 10.0 Å². The molecule has 0 heterocycles. The summed E-state index contributed by atoms with van der Waals surface area (Å²) < 4.78 is 72.1. The summed E-state index contributed by atoms with van der Waals surface area (Å²) in [6.45, 7) is 0. The molecule has 0 aliphatic heterocycles. The third-order valence-electron chi connectivity index (χ3n) is 4.34. The van der Waals surface area contributed by atoms with E-state index in [0.717, 1.165) is 0 Å². The van der Waals surface area contributed by atoms with Crippen molar-refractivity contribution in [3.8, 4) is 5.75 Å². The van der Waals surface area contributed by atoms with Crippen LogP contribution in [0.4, 0.5) is 13.3 Å². The summed E-state index contributed by atoms with van der Waals surface area (Å²) >= 11 is 0. The fraction of sp³-hybridized carbons (Fsp3) is 0.100. The Morgan fingerprint density at radius 3 is 1.52 bits per heavy atom. The molecule has 0 saturated heterocycles. The van der Waals surface area contributed by atoms with Crippen molar-refractivity contribution in [1.82, 2.24) is 0 Å². The number of ether oxygens (including phenoxy) is 1. The monoisotopic (exact) mass is 442 g/mol. The molecule has 0 bridgehead atoms. The molecule has 4 nitrogen and oxygen atoms in total. The Bertz CT molecular complexity index is 1020. The Morgan fingerprint density at radius 1 is 0.724 bits per heavy atom. The Labute approximate surface area is 168 Å². The highest BCUT2D eigenvalue weighted by atomic mass is 32.3. The van der Waals surface area contributed by atoms with Crippen molar-refractivity contribution in [2.45, 2.75) is 19.3 Å². The molecular weight excluding hydrogens is 425 g/mol. The molecule has 0 spiro atoms. The highest BCUT2D eigenvalue weighted by molar-refractivity contribution is 8.39. The van der Waals surface area contributed by atoms with Gasteiger partial charge in [0.05, 0.1) is 7.11 Å². The van der Waals surface area contributed by atoms with Gasteiger partial charge >= 0.3 is 14.7 Å². The number of benzene rings is 3. The third kappa shape index (κ3) is 3.39. The Balaban J connectivity index is 2.49. The lowest BCUT2D eigenvalue weighted by Crippen LogP contribution is -2.36. The van der Waals surface area contributed by atoms with Crippen LogP contribution in [0.2, 0.25) is 0 Å². The van der Waals surface area contributed by atoms with Crippen LogP contribution in [0.5, 0.6) is 5.75 Å². The fourth-order valence-electron chi connectivity index (χ4n) is 3.04. The van der Waals surface area contributed by atoms with E-state index in [-0.39, 0.29) is 14.7 Å². The lowest BCUT2D eigenvalue weighted by atomic mass is 10.3. The van der Waals surface area contributed by atoms with Gasteiger partial charge in [-0.15, -0.1) is 0 Å². The Hall–Kier alpha value is -2.49. The zero-order valence-electron chi connectivity index (χ0n) is 15.2. The zero-order chi connectivity index (χ0) is 21.1. The van der Waals surface area contributed by atoms with Crippen molar-refractivity contribution in [1.29, 1.82) is 0 Å². The molecule has 0 N–H and O–H groups in total. The number of methoxy groups -OCH3 is 1. The largest absolute Gasteiger partial charge is 0.497 e. The van der Waals surface area contributed by atoms with E-state index in [1.807, 2.05) is 0 Å². The molecule has 3 rings (SSSR count). The number of alkyl halides is 2. The first-order chi connectivity index (χ1) is 13.8. The summed E-state index contributed by atoms with van der Waals surface area (Å²) in [6, 6.07) is 20.5. The van der Waals surface area contributed by atoms with Gasteiger partial charge in [-0.2, -0.15) is 17.2 Å². The summed E-state index contributed by atoms with van der Waals surface area (Å²) in [4.78, 5) is 0.0605. The second-order valence-electron chi connectivity index (χ2n) is 5.89. The van der Waals surface area contributed by atoms with E-state index in [1.165, 1.54) is 79.9 Å². The van der Waals surface area contributed by atoms with Crippen molar-refractivity contribution < 1.29 is 30.8 Å². The average molecular weight is 442 g/mol. The number of hydrogen-bond acceptors (Lipinski definition) is 4. The minimum atomic E-state index is -5.91. The van der Waals surface area contributed by atoms with Gasteiger partial charge in [-0.25, -0.2) is 0 Å². The van der Waals surface area contributed by atoms with E-state index in [2.05, 4.69) is 4.39 Å². The summed E-state index contributed by atoms with van der Waals surface area (Å²) in [5.74, 6) is 0.399. The van der Waals surface area contributed by atoms with E-state index in [0.29, 0.717) is 5.75 Å². The van der Waals surface area contributed by atoms with Crippen LogP contribution in [-0.2, 0) is 14.5 Å². The molecule has 0 amide bonds. The van der Waals surface area contributed by atoms with Gasteiger partial charge < -0.3 is 4.74 Å². The summed E-state index contributed by atoms with van der Waals surface area (Å²) in [5, 5.41) is 0. The van der Waals surface area contributed by atoms with Crippen LogP contribution in [-0.4, -0.2) is 20.1 Å². The normalized spacial score (nSPS) is 13.1. The van der Waals surface area contributed by atoms with Crippen molar-refractivity contribution in [3.63, 3.8) is 0 Å². The standard InChI is InChI=1S/C20H17F3O4S2/c1-26-16-12-14-19(15-13-16)28(17-8-4-2-5-9-17,18-10-6-3-7-11-18)20(21,22)29(24,25)27-23/h2-15H,1H3. The summed E-state index contributed by atoms with van der Waals surface area (Å²) in [5.41, 5.74) is 0. The van der Waals surface area contributed by atoms with Gasteiger partial charge in [-0.3, -0.25) is 0 Å². The topological polar surface area (TPSA) is 52.6 Å². The molecule has 0 aliphatic carbocycles. The van der Waals surface area contributed by atoms with Gasteiger partial charge in [0, 0.05) is 14.7 Å². The molecular formula is C20H17F3O4S2. The minimum Gasteiger partial charge on any atom is -0.497 e. The highest BCUT2D eigenvalue weighted by Gasteiger charge is 2.63. The Kier molecular flexibility index (Phi) is 5.92. The van der Waals surface area contributed by atoms with Crippen molar-refractivity contribution >= 4 is 20.1 Å². The summed E-state index contributed by atoms with van der Waals surface area (Å²) in [6.07, 6.45) is 0. The van der Waals surface area contributed by atoms with Crippen molar-refractivity contribution in [2.75, 3.05) is 7.11 Å². The predicted octanol–water partition coefficient (Wildman–Crippen LogP) is 5.76. The van der Waals surface area contributed by atoms with Crippen molar-refractivity contribution in [2.24, 2.45) is 0 Å². The van der Waals surface area contributed by atoms with Gasteiger partial charge in [-0.05, 0) is 53.1 Å². The van der Waals surface area contributed by atoms with Crippen LogP contribution in [0.1, 0.15) is 0 Å². The first-order valence-electron chi connectivity index (χ1n) is 8.31. The molecule has 0 radical (unpaired) electrons. The first-order valence-corrected chi connectivity index (χ1v) is 11.3. The average Bonchev–Trinajstić information content (AvgIpc) is 2.76. The lowest BCUT2D eigenvalue weighted by Gasteiger charge is -2.44. The van der Waals surface area contributed by atoms with Gasteiger partial charge in [0.2, 0.25) is 0 Å². The maximum atomic E-state index is 15.8. The maximum Gasteiger partial charge on any atom is 0.416 e. The highest BCUT2D eigenvalue weighted by Crippen LogP contribution is 2.78. The molecule has 0 saturated carbocycles. The second kappa shape index (κ2) is 8.10. The van der Waals surface area contributed by atoms with Gasteiger partial charge in [-0.1, -0.05) is 50.8 Å². The van der Waals surface area contributed by atoms with E-state index in [4.69, 9.17) is 4.74 Å². The van der Waals surface area contributed by atoms with E-state index >= 15 is 8.78 Å². The van der Waals surface area contributed by atoms with Gasteiger partial charge in [0.25, 0.3) is 0 Å². The smallest absolute Gasteiger partial charge is 0.416 e. The quantitative estimate of drug-likeness (QED) is 0.467. The number of rotatable bonds is 7. The molecule has 3 aromatic carbocycles. The minimum absolute atomic E-state index is 0.00123. The van der Waals surface area contributed by atoms with Crippen LogP contribution < -0.4 is 4.74 Å². The van der Waals surface area contributed by atoms with E-state index in [9.17, 15) is 12.9 Å². The van der Waals surface area contributed by atoms with Crippen LogP contribution in [0.25, 0.3) is 0 Å². The molecule has 0 aliphatic rings. The zero-order valence-corrected chi connectivity index (χ0v) is 16.8. The second-order valence-corrected chi connectivity index (χ2v) is 10.9. The molecule has 29 heavy (non-hydrogen) atoms. The van der Waals surface area contributed by atoms with Gasteiger partial charge in [0.15, 0.2) is 0 Å². The maximum absolute atomic E-state index is 15.8. The number of hydrogen-bond donors (Lipinski definition) is 0. The fourth-order valence-corrected chi connectivity index (χ4v) is 8.59. The van der Waals surface area contributed by atoms with E-state index in [1.54, 1.807) is 12.1 Å². The SMILES string of the molecule is COc1ccc(S(c2ccccc2)(c2ccccc2)C(F)(F)S(=O)(=O)OF)cc1. The Morgan fingerprint density at radius 2 is 1.14 bits per heavy atom. The molecule has 0 fully saturated rings. The molecule has 0 atom stereocenters.